The Balaban J connectivity index is 2.01. The molecule has 1 amide bonds. The molecule has 1 heterocycles. The van der Waals surface area contributed by atoms with Crippen LogP contribution in [0.4, 0.5) is 5.69 Å². The van der Waals surface area contributed by atoms with Crippen molar-refractivity contribution in [3.05, 3.63) is 28.2 Å². The van der Waals surface area contributed by atoms with E-state index < -0.39 is 0 Å². The van der Waals surface area contributed by atoms with E-state index in [1.54, 1.807) is 6.92 Å². The highest BCUT2D eigenvalue weighted by atomic mass is 79.9. The number of hydrogen-bond acceptors (Lipinski definition) is 3. The summed E-state index contributed by atoms with van der Waals surface area (Å²) in [4.78, 5) is 15.6. The monoisotopic (exact) mass is 339 g/mol. The molecule has 1 N–H and O–H groups in total. The number of carbonyl (C=O) groups excluding carboxylic acids is 1. The first-order valence-electron chi connectivity index (χ1n) is 7.11. The molecule has 1 saturated heterocycles. The first-order valence-corrected chi connectivity index (χ1v) is 7.90. The number of hydrogen-bond donors (Lipinski definition) is 1. The van der Waals surface area contributed by atoms with Gasteiger partial charge in [0.25, 0.3) is 0 Å². The topological polar surface area (TPSA) is 35.6 Å². The molecule has 0 bridgehead atoms. The number of rotatable bonds is 4. The van der Waals surface area contributed by atoms with Gasteiger partial charge in [-0.05, 0) is 40.2 Å². The molecular weight excluding hydrogens is 318 g/mol. The van der Waals surface area contributed by atoms with Crippen molar-refractivity contribution in [3.63, 3.8) is 0 Å². The van der Waals surface area contributed by atoms with Crippen molar-refractivity contribution in [3.8, 4) is 0 Å². The Morgan fingerprint density at radius 2 is 2.00 bits per heavy atom. The summed E-state index contributed by atoms with van der Waals surface area (Å²) < 4.78 is 1.13. The Bertz CT molecular complexity index is 470. The first kappa shape index (κ1) is 15.3. The lowest BCUT2D eigenvalue weighted by Gasteiger charge is -2.36. The second-order valence-electron chi connectivity index (χ2n) is 5.06. The van der Waals surface area contributed by atoms with E-state index in [2.05, 4.69) is 51.3 Å². The maximum Gasteiger partial charge on any atom is 0.219 e. The molecule has 1 aliphatic rings. The Kier molecular flexibility index (Phi) is 5.43. The molecule has 5 heteroatoms. The van der Waals surface area contributed by atoms with Gasteiger partial charge in [-0.15, -0.1) is 0 Å². The number of nitrogens with one attached hydrogen (secondary N) is 1. The maximum absolute atomic E-state index is 11.3. The molecule has 0 unspecified atom stereocenters. The molecule has 0 aliphatic carbocycles. The van der Waals surface area contributed by atoms with Crippen molar-refractivity contribution in [2.45, 2.75) is 20.4 Å². The Morgan fingerprint density at radius 3 is 2.55 bits per heavy atom. The zero-order valence-corrected chi connectivity index (χ0v) is 13.7. The number of amides is 1. The van der Waals surface area contributed by atoms with Crippen LogP contribution in [0.1, 0.15) is 19.4 Å². The maximum atomic E-state index is 11.3. The SMILES string of the molecule is CCNCc1ccc(N2CCN(C(C)=O)CC2)c(Br)c1. The standard InChI is InChI=1S/C15H22BrN3O/c1-3-17-11-13-4-5-15(14(16)10-13)19-8-6-18(7-9-19)12(2)20/h4-5,10,17H,3,6-9,11H2,1-2H3. The van der Waals surface area contributed by atoms with Crippen LogP contribution in [-0.4, -0.2) is 43.5 Å². The number of halogens is 1. The number of carbonyl (C=O) groups is 1. The average Bonchev–Trinajstić information content (AvgIpc) is 2.45. The average molecular weight is 340 g/mol. The van der Waals surface area contributed by atoms with Gasteiger partial charge in [0.15, 0.2) is 0 Å². The third kappa shape index (κ3) is 3.73. The molecule has 0 saturated carbocycles. The molecule has 1 aromatic rings. The van der Waals surface area contributed by atoms with Gasteiger partial charge in [0.1, 0.15) is 0 Å². The van der Waals surface area contributed by atoms with Gasteiger partial charge in [0, 0.05) is 44.1 Å². The molecule has 1 aromatic carbocycles. The third-order valence-corrected chi connectivity index (χ3v) is 4.29. The van der Waals surface area contributed by atoms with Gasteiger partial charge in [-0.2, -0.15) is 0 Å². The molecule has 0 aromatic heterocycles. The van der Waals surface area contributed by atoms with Crippen LogP contribution in [0.3, 0.4) is 0 Å². The van der Waals surface area contributed by atoms with Crippen molar-refractivity contribution >= 4 is 27.5 Å². The Labute approximate surface area is 129 Å². The number of piperazine rings is 1. The lowest BCUT2D eigenvalue weighted by molar-refractivity contribution is -0.129. The molecule has 4 nitrogen and oxygen atoms in total. The van der Waals surface area contributed by atoms with E-state index in [4.69, 9.17) is 0 Å². The molecule has 2 rings (SSSR count). The van der Waals surface area contributed by atoms with Crippen molar-refractivity contribution in [2.75, 3.05) is 37.6 Å². The summed E-state index contributed by atoms with van der Waals surface area (Å²) in [6.45, 7) is 9.02. The molecule has 1 aliphatic heterocycles. The van der Waals surface area contributed by atoms with Crippen LogP contribution in [-0.2, 0) is 11.3 Å². The predicted octanol–water partition coefficient (Wildman–Crippen LogP) is 2.23. The van der Waals surface area contributed by atoms with Crippen molar-refractivity contribution in [2.24, 2.45) is 0 Å². The van der Waals surface area contributed by atoms with Gasteiger partial charge in [-0.25, -0.2) is 0 Å². The fourth-order valence-corrected chi connectivity index (χ4v) is 3.13. The highest BCUT2D eigenvalue weighted by Gasteiger charge is 2.20. The van der Waals surface area contributed by atoms with Crippen LogP contribution in [0.2, 0.25) is 0 Å². The normalized spacial score (nSPS) is 15.6. The largest absolute Gasteiger partial charge is 0.367 e. The smallest absolute Gasteiger partial charge is 0.219 e. The van der Waals surface area contributed by atoms with Gasteiger partial charge in [-0.3, -0.25) is 4.79 Å². The van der Waals surface area contributed by atoms with Crippen LogP contribution in [0.25, 0.3) is 0 Å². The highest BCUT2D eigenvalue weighted by molar-refractivity contribution is 9.10. The third-order valence-electron chi connectivity index (χ3n) is 3.66. The van der Waals surface area contributed by atoms with Gasteiger partial charge in [0.05, 0.1) is 5.69 Å². The van der Waals surface area contributed by atoms with Gasteiger partial charge >= 0.3 is 0 Å². The Morgan fingerprint density at radius 1 is 1.30 bits per heavy atom. The van der Waals surface area contributed by atoms with Gasteiger partial charge in [0.2, 0.25) is 5.91 Å². The van der Waals surface area contributed by atoms with E-state index in [1.807, 2.05) is 4.90 Å². The number of anilines is 1. The summed E-state index contributed by atoms with van der Waals surface area (Å²) in [7, 11) is 0. The molecule has 110 valence electrons. The summed E-state index contributed by atoms with van der Waals surface area (Å²) in [6.07, 6.45) is 0. The molecular formula is C15H22BrN3O. The van der Waals surface area contributed by atoms with E-state index in [9.17, 15) is 4.79 Å². The minimum Gasteiger partial charge on any atom is -0.367 e. The Hall–Kier alpha value is -1.07. The summed E-state index contributed by atoms with van der Waals surface area (Å²) in [5, 5.41) is 3.33. The van der Waals surface area contributed by atoms with Crippen LogP contribution < -0.4 is 10.2 Å². The first-order chi connectivity index (χ1) is 9.61. The number of benzene rings is 1. The van der Waals surface area contributed by atoms with Gasteiger partial charge in [-0.1, -0.05) is 13.0 Å². The fraction of sp³-hybridized carbons (Fsp3) is 0.533. The van der Waals surface area contributed by atoms with E-state index in [1.165, 1.54) is 11.3 Å². The van der Waals surface area contributed by atoms with E-state index in [-0.39, 0.29) is 5.91 Å². The quantitative estimate of drug-likeness (QED) is 0.913. The fourth-order valence-electron chi connectivity index (χ4n) is 2.45. The van der Waals surface area contributed by atoms with Crippen molar-refractivity contribution < 1.29 is 4.79 Å². The number of nitrogens with zero attached hydrogens (tertiary/aromatic N) is 2. The molecule has 0 radical (unpaired) electrons. The molecule has 0 spiro atoms. The summed E-state index contributed by atoms with van der Waals surface area (Å²) in [5.41, 5.74) is 2.50. The molecule has 1 fully saturated rings. The summed E-state index contributed by atoms with van der Waals surface area (Å²) >= 11 is 3.67. The predicted molar refractivity (Wildman–Crippen MR) is 86.0 cm³/mol. The second-order valence-corrected chi connectivity index (χ2v) is 5.91. The summed E-state index contributed by atoms with van der Waals surface area (Å²) in [6, 6.07) is 6.51. The van der Waals surface area contributed by atoms with Crippen LogP contribution in [0, 0.1) is 0 Å². The van der Waals surface area contributed by atoms with Crippen LogP contribution in [0.5, 0.6) is 0 Å². The van der Waals surface area contributed by atoms with Crippen molar-refractivity contribution in [1.29, 1.82) is 0 Å². The van der Waals surface area contributed by atoms with Crippen LogP contribution in [0.15, 0.2) is 22.7 Å². The zero-order valence-electron chi connectivity index (χ0n) is 12.2. The second kappa shape index (κ2) is 7.09. The van der Waals surface area contributed by atoms with Gasteiger partial charge < -0.3 is 15.1 Å². The molecule has 0 atom stereocenters. The highest BCUT2D eigenvalue weighted by Crippen LogP contribution is 2.28. The van der Waals surface area contributed by atoms with E-state index in [0.717, 1.165) is 43.7 Å². The summed E-state index contributed by atoms with van der Waals surface area (Å²) in [5.74, 6) is 0.171. The minimum absolute atomic E-state index is 0.171. The van der Waals surface area contributed by atoms with E-state index >= 15 is 0 Å². The lowest BCUT2D eigenvalue weighted by atomic mass is 10.1. The van der Waals surface area contributed by atoms with E-state index in [0.29, 0.717) is 0 Å². The lowest BCUT2D eigenvalue weighted by Crippen LogP contribution is -2.48. The van der Waals surface area contributed by atoms with Crippen LogP contribution >= 0.6 is 15.9 Å². The zero-order chi connectivity index (χ0) is 14.5. The van der Waals surface area contributed by atoms with Crippen molar-refractivity contribution in [1.82, 2.24) is 10.2 Å². The molecule has 20 heavy (non-hydrogen) atoms. The minimum atomic E-state index is 0.171.